The minimum absolute atomic E-state index is 0.199. The number of nitriles is 1. The van der Waals surface area contributed by atoms with Gasteiger partial charge in [0.2, 0.25) is 17.8 Å². The Morgan fingerprint density at radius 2 is 1.95 bits per heavy atom. The highest BCUT2D eigenvalue weighted by Gasteiger charge is 2.22. The summed E-state index contributed by atoms with van der Waals surface area (Å²) in [6.45, 7) is 3.68. The lowest BCUT2D eigenvalue weighted by Crippen LogP contribution is -2.45. The van der Waals surface area contributed by atoms with E-state index in [9.17, 15) is 9.59 Å². The molecule has 3 rings (SSSR count). The van der Waals surface area contributed by atoms with Crippen LogP contribution in [0.5, 0.6) is 0 Å². The van der Waals surface area contributed by atoms with E-state index in [2.05, 4.69) is 43.8 Å². The molecule has 0 radical (unpaired) electrons. The first-order chi connectivity index (χ1) is 19.3. The Labute approximate surface area is 236 Å². The normalized spacial score (nSPS) is 13.2. The molecule has 1 aliphatic carbocycles. The largest absolute Gasteiger partial charge is 0.369 e. The minimum Gasteiger partial charge on any atom is -0.369 e. The Morgan fingerprint density at radius 3 is 2.62 bits per heavy atom. The Hall–Kier alpha value is -4.41. The average molecular weight is 543 g/mol. The van der Waals surface area contributed by atoms with Crippen molar-refractivity contribution in [3.8, 4) is 17.9 Å². The maximum Gasteiger partial charge on any atom is 0.246 e. The van der Waals surface area contributed by atoms with Crippen LogP contribution in [0.3, 0.4) is 0 Å². The predicted molar refractivity (Wildman–Crippen MR) is 157 cm³/mol. The number of carbonyl (C=O) groups is 2. The van der Waals surface area contributed by atoms with Gasteiger partial charge in [-0.25, -0.2) is 4.98 Å². The van der Waals surface area contributed by atoms with E-state index in [0.717, 1.165) is 12.2 Å². The Balaban J connectivity index is 1.50. The zero-order valence-electron chi connectivity index (χ0n) is 23.7. The molecule has 1 fully saturated rings. The van der Waals surface area contributed by atoms with E-state index in [1.807, 2.05) is 31.1 Å². The number of unbranched alkanes of at least 4 members (excludes halogenated alkanes) is 1. The molecule has 10 nitrogen and oxygen atoms in total. The summed E-state index contributed by atoms with van der Waals surface area (Å²) in [6.07, 6.45) is 8.67. The van der Waals surface area contributed by atoms with Crippen molar-refractivity contribution in [2.45, 2.75) is 38.6 Å². The number of rotatable bonds is 13. The molecule has 210 valence electrons. The number of nitrogens with zero attached hydrogens (tertiary/aromatic N) is 5. The summed E-state index contributed by atoms with van der Waals surface area (Å²) >= 11 is 0. The van der Waals surface area contributed by atoms with Crippen molar-refractivity contribution in [1.29, 1.82) is 5.26 Å². The molecule has 3 N–H and O–H groups in total. The highest BCUT2D eigenvalue weighted by molar-refractivity contribution is 5.92. The SMILES string of the molecule is C[C@@H](C(=O)NCCCC#Cc1cnc(Nc2ccc(C#N)cc2)nc1NCC1CC1)N(C)C(=O)/C=C/CN(C)C. The highest BCUT2D eigenvalue weighted by atomic mass is 16.2. The second kappa shape index (κ2) is 15.2. The Morgan fingerprint density at radius 1 is 1.20 bits per heavy atom. The second-order valence-electron chi connectivity index (χ2n) is 10.1. The summed E-state index contributed by atoms with van der Waals surface area (Å²) in [5.74, 6) is 7.70. The van der Waals surface area contributed by atoms with Crippen LogP contribution >= 0.6 is 0 Å². The van der Waals surface area contributed by atoms with Crippen LogP contribution < -0.4 is 16.0 Å². The zero-order valence-corrected chi connectivity index (χ0v) is 23.7. The number of amides is 2. The van der Waals surface area contributed by atoms with Crippen LogP contribution in [-0.4, -0.2) is 78.4 Å². The minimum atomic E-state index is -0.573. The van der Waals surface area contributed by atoms with Crippen molar-refractivity contribution in [2.24, 2.45) is 5.92 Å². The smallest absolute Gasteiger partial charge is 0.246 e. The molecule has 10 heteroatoms. The molecule has 0 spiro atoms. The fourth-order valence-electron chi connectivity index (χ4n) is 3.53. The van der Waals surface area contributed by atoms with E-state index in [0.29, 0.717) is 54.7 Å². The maximum atomic E-state index is 12.5. The van der Waals surface area contributed by atoms with Crippen molar-refractivity contribution in [3.05, 3.63) is 53.7 Å². The molecule has 40 heavy (non-hydrogen) atoms. The van der Waals surface area contributed by atoms with Crippen molar-refractivity contribution < 1.29 is 9.59 Å². The lowest BCUT2D eigenvalue weighted by atomic mass is 10.2. The van der Waals surface area contributed by atoms with Gasteiger partial charge >= 0.3 is 0 Å². The molecule has 1 aromatic heterocycles. The summed E-state index contributed by atoms with van der Waals surface area (Å²) in [5.41, 5.74) is 2.09. The van der Waals surface area contributed by atoms with Crippen molar-refractivity contribution in [1.82, 2.24) is 25.1 Å². The first-order valence-corrected chi connectivity index (χ1v) is 13.5. The monoisotopic (exact) mass is 542 g/mol. The molecule has 1 aliphatic rings. The number of hydrogen-bond donors (Lipinski definition) is 3. The third-order valence-corrected chi connectivity index (χ3v) is 6.35. The quantitative estimate of drug-likeness (QED) is 0.200. The van der Waals surface area contributed by atoms with Gasteiger partial charge in [-0.3, -0.25) is 9.59 Å². The van der Waals surface area contributed by atoms with E-state index < -0.39 is 6.04 Å². The topological polar surface area (TPSA) is 126 Å². The van der Waals surface area contributed by atoms with Crippen molar-refractivity contribution in [2.75, 3.05) is 51.4 Å². The summed E-state index contributed by atoms with van der Waals surface area (Å²) in [6, 6.07) is 8.63. The van der Waals surface area contributed by atoms with Crippen LogP contribution in [0.1, 0.15) is 43.7 Å². The van der Waals surface area contributed by atoms with Gasteiger partial charge in [0, 0.05) is 44.9 Å². The van der Waals surface area contributed by atoms with Gasteiger partial charge in [0.15, 0.2) is 0 Å². The maximum absolute atomic E-state index is 12.5. The lowest BCUT2D eigenvalue weighted by Gasteiger charge is -2.23. The zero-order chi connectivity index (χ0) is 28.9. The van der Waals surface area contributed by atoms with Gasteiger partial charge < -0.3 is 25.8 Å². The fourth-order valence-corrected chi connectivity index (χ4v) is 3.53. The summed E-state index contributed by atoms with van der Waals surface area (Å²) in [5, 5.41) is 18.4. The summed E-state index contributed by atoms with van der Waals surface area (Å²) in [4.78, 5) is 37.2. The molecular weight excluding hydrogens is 504 g/mol. The number of hydrogen-bond acceptors (Lipinski definition) is 8. The van der Waals surface area contributed by atoms with Crippen LogP contribution in [0, 0.1) is 29.1 Å². The van der Waals surface area contributed by atoms with Crippen molar-refractivity contribution >= 4 is 29.3 Å². The van der Waals surface area contributed by atoms with Crippen LogP contribution in [0.25, 0.3) is 0 Å². The molecule has 0 unspecified atom stereocenters. The number of anilines is 3. The number of aromatic nitrogens is 2. The van der Waals surface area contributed by atoms with Crippen LogP contribution in [0.15, 0.2) is 42.6 Å². The van der Waals surface area contributed by atoms with Gasteiger partial charge in [0.1, 0.15) is 11.9 Å². The van der Waals surface area contributed by atoms with Gasteiger partial charge in [-0.05, 0) is 70.5 Å². The van der Waals surface area contributed by atoms with Gasteiger partial charge in [-0.2, -0.15) is 10.2 Å². The van der Waals surface area contributed by atoms with Gasteiger partial charge in [-0.15, -0.1) is 0 Å². The average Bonchev–Trinajstić information content (AvgIpc) is 3.78. The fraction of sp³-hybridized carbons (Fsp3) is 0.433. The van der Waals surface area contributed by atoms with E-state index in [1.165, 1.54) is 23.8 Å². The van der Waals surface area contributed by atoms with E-state index in [-0.39, 0.29) is 11.8 Å². The van der Waals surface area contributed by atoms with E-state index >= 15 is 0 Å². The number of carbonyl (C=O) groups excluding carboxylic acids is 2. The highest BCUT2D eigenvalue weighted by Crippen LogP contribution is 2.29. The van der Waals surface area contributed by atoms with E-state index in [1.54, 1.807) is 38.4 Å². The number of likely N-dealkylation sites (N-methyl/N-ethyl adjacent to an activating group) is 2. The third-order valence-electron chi connectivity index (χ3n) is 6.35. The molecule has 2 amide bonds. The van der Waals surface area contributed by atoms with Gasteiger partial charge in [0.25, 0.3) is 0 Å². The summed E-state index contributed by atoms with van der Waals surface area (Å²) in [7, 11) is 5.47. The molecule has 0 saturated heterocycles. The molecular formula is C30H38N8O2. The van der Waals surface area contributed by atoms with Crippen LogP contribution in [0.4, 0.5) is 17.5 Å². The molecule has 0 aliphatic heterocycles. The molecule has 2 aromatic rings. The lowest BCUT2D eigenvalue weighted by molar-refractivity contribution is -0.135. The third kappa shape index (κ3) is 10.0. The van der Waals surface area contributed by atoms with Crippen LogP contribution in [-0.2, 0) is 9.59 Å². The Bertz CT molecular complexity index is 1280. The first kappa shape index (κ1) is 30.1. The van der Waals surface area contributed by atoms with Crippen molar-refractivity contribution in [3.63, 3.8) is 0 Å². The van der Waals surface area contributed by atoms with Gasteiger partial charge in [-0.1, -0.05) is 17.9 Å². The predicted octanol–water partition coefficient (Wildman–Crippen LogP) is 3.13. The second-order valence-corrected chi connectivity index (χ2v) is 10.1. The molecule has 1 atom stereocenters. The van der Waals surface area contributed by atoms with Crippen LogP contribution in [0.2, 0.25) is 0 Å². The standard InChI is InChI=1S/C30H38N8O2/c1-22(38(4)27(39)10-8-18-37(2)3)29(40)32-17-7-5-6-9-25-21-34-30(36-28(25)33-20-24-11-12-24)35-26-15-13-23(19-31)14-16-26/h8,10,13-16,21-22,24H,5,7,11-12,17-18,20H2,1-4H3,(H,32,40)(H2,33,34,35,36)/b10-8+/t22-/m0/s1. The molecule has 1 heterocycles. The van der Waals surface area contributed by atoms with Gasteiger partial charge in [0.05, 0.1) is 23.4 Å². The van der Waals surface area contributed by atoms with E-state index in [4.69, 9.17) is 5.26 Å². The molecule has 1 aromatic carbocycles. The Kier molecular flexibility index (Phi) is 11.5. The number of nitrogens with one attached hydrogen (secondary N) is 3. The molecule has 1 saturated carbocycles. The first-order valence-electron chi connectivity index (χ1n) is 13.5. The number of benzene rings is 1. The summed E-state index contributed by atoms with van der Waals surface area (Å²) < 4.78 is 0. The molecule has 0 bridgehead atoms.